The number of aliphatic hydroxyl groups excluding tert-OH is 3. The van der Waals surface area contributed by atoms with E-state index in [-0.39, 0.29) is 43.7 Å². The molecule has 0 unspecified atom stereocenters. The van der Waals surface area contributed by atoms with E-state index in [4.69, 9.17) is 22.9 Å². The fourth-order valence-electron chi connectivity index (χ4n) is 7.44. The lowest BCUT2D eigenvalue weighted by molar-refractivity contribution is -0.142. The van der Waals surface area contributed by atoms with Crippen molar-refractivity contribution < 1.29 is 83.4 Å². The lowest BCUT2D eigenvalue weighted by Gasteiger charge is -2.27. The zero-order chi connectivity index (χ0) is 60.2. The first-order valence-corrected chi connectivity index (χ1v) is 25.6. The van der Waals surface area contributed by atoms with Crippen molar-refractivity contribution in [3.05, 3.63) is 59.7 Å². The molecule has 2 rings (SSSR count). The number of amides is 10. The molecule has 0 fully saturated rings. The van der Waals surface area contributed by atoms with Gasteiger partial charge in [0.15, 0.2) is 0 Å². The first-order chi connectivity index (χ1) is 37.7. The largest absolute Gasteiger partial charge is 0.508 e. The molecular weight excluding hydrogens is 1050 g/mol. The maximum absolute atomic E-state index is 14.0. The van der Waals surface area contributed by atoms with Crippen molar-refractivity contribution in [2.24, 2.45) is 22.9 Å². The Balaban J connectivity index is 2.23. The van der Waals surface area contributed by atoms with Crippen LogP contribution in [0.4, 0.5) is 0 Å². The second kappa shape index (κ2) is 34.8. The maximum atomic E-state index is 14.0. The van der Waals surface area contributed by atoms with Gasteiger partial charge < -0.3 is 101 Å². The molecule has 80 heavy (non-hydrogen) atoms. The van der Waals surface area contributed by atoms with Crippen LogP contribution in [0, 0.1) is 0 Å². The molecule has 10 amide bonds. The number of rotatable bonds is 36. The number of nitrogens with one attached hydrogen (secondary N) is 9. The first-order valence-electron chi connectivity index (χ1n) is 25.6. The summed E-state index contributed by atoms with van der Waals surface area (Å²) in [5.74, 6) is -12.1. The number of phenols is 2. The van der Waals surface area contributed by atoms with Crippen molar-refractivity contribution in [1.29, 1.82) is 0 Å². The summed E-state index contributed by atoms with van der Waals surface area (Å²) < 4.78 is 0. The summed E-state index contributed by atoms with van der Waals surface area (Å²) in [4.78, 5) is 145. The number of primary amides is 1. The minimum Gasteiger partial charge on any atom is -0.508 e. The van der Waals surface area contributed by atoms with Gasteiger partial charge in [-0.3, -0.25) is 47.9 Å². The molecule has 11 atom stereocenters. The number of aromatic hydroxyl groups is 2. The number of benzene rings is 2. The number of aliphatic hydroxyl groups is 3. The van der Waals surface area contributed by atoms with Crippen LogP contribution in [0.3, 0.4) is 0 Å². The van der Waals surface area contributed by atoms with E-state index in [1.165, 1.54) is 62.4 Å². The van der Waals surface area contributed by atoms with Gasteiger partial charge in [0, 0.05) is 12.8 Å². The number of carbonyl (C=O) groups excluding carboxylic acids is 10. The molecule has 0 saturated heterocycles. The van der Waals surface area contributed by atoms with E-state index in [1.807, 2.05) is 0 Å². The van der Waals surface area contributed by atoms with Crippen LogP contribution >= 0.6 is 0 Å². The summed E-state index contributed by atoms with van der Waals surface area (Å²) in [6.07, 6.45) is -0.909. The Morgan fingerprint density at radius 3 is 1.25 bits per heavy atom. The van der Waals surface area contributed by atoms with Gasteiger partial charge in [0.05, 0.1) is 31.8 Å². The number of hydrogen-bond donors (Lipinski definition) is 19. The Morgan fingerprint density at radius 2 is 0.825 bits per heavy atom. The highest BCUT2D eigenvalue weighted by Gasteiger charge is 2.36. The molecule has 0 heterocycles. The van der Waals surface area contributed by atoms with Crippen molar-refractivity contribution >= 4 is 65.0 Å². The zero-order valence-corrected chi connectivity index (χ0v) is 44.6. The molecule has 2 aromatic carbocycles. The van der Waals surface area contributed by atoms with Crippen LogP contribution in [0.2, 0.25) is 0 Å². The van der Waals surface area contributed by atoms with Gasteiger partial charge in [-0.25, -0.2) is 4.79 Å². The first kappa shape index (κ1) is 68.1. The van der Waals surface area contributed by atoms with E-state index in [2.05, 4.69) is 47.9 Å². The van der Waals surface area contributed by atoms with Gasteiger partial charge in [0.1, 0.15) is 65.9 Å². The number of carboxylic acid groups (broad SMARTS) is 1. The number of nitrogens with two attached hydrogens (primary N) is 4. The number of hydrogen-bond acceptors (Lipinski definition) is 19. The fraction of sp³-hybridized carbons (Fsp3) is 0.540. The third-order valence-corrected chi connectivity index (χ3v) is 12.1. The predicted molar refractivity (Wildman–Crippen MR) is 283 cm³/mol. The SMILES string of the molecule is C[C@H](NC(=O)[C@H](C)NC(=O)[C@@H](NC(=O)[C@H](CO)NC(=O)[C@H](CC(N)=O)NC(=O)[C@@H](N)CCCCN)[C@@H](C)O)C(=O)N[C@@H](Cc1ccc(O)cc1)C(=O)N[C@@H](CO)C(=O)N[C@@H](Cc1ccc(O)cc1)C(=O)N[C@@H](CCCCN)C(=O)O. The van der Waals surface area contributed by atoms with Crippen LogP contribution in [0.1, 0.15) is 76.8 Å². The Hall–Kier alpha value is -8.03. The number of aliphatic carboxylic acids is 1. The molecule has 0 aliphatic rings. The molecule has 0 aliphatic heterocycles. The second-order valence-electron chi connectivity index (χ2n) is 18.8. The standard InChI is InChI=1S/C50H77N13O17/c1-25(56-49(78)40(27(3)66)63-48(77)38(24-65)62-46(75)36(22-39(54)69)59-43(72)32(53)8-4-6-18-51)41(70)55-26(2)42(71)58-34(20-28-10-14-30(67)15-11-28)45(74)61-37(23-64)47(76)60-35(21-29-12-16-31(68)17-13-29)44(73)57-33(50(79)80)9-5-7-19-52/h10-17,25-27,32-38,40,64-68H,4-9,18-24,51-53H2,1-3H3,(H2,54,69)(H,55,70)(H,56,78)(H,57,73)(H,58,71)(H,59,72)(H,60,76)(H,61,74)(H,62,75)(H,63,77)(H,79,80)/t25-,26-,27+,32-,33-,34-,35-,36-,37-,38-,40-/m0/s1. The summed E-state index contributed by atoms with van der Waals surface area (Å²) in [5.41, 5.74) is 22.9. The number of carboxylic acids is 1. The molecule has 444 valence electrons. The summed E-state index contributed by atoms with van der Waals surface area (Å²) in [5, 5.41) is 81.0. The van der Waals surface area contributed by atoms with Gasteiger partial charge in [-0.15, -0.1) is 0 Å². The third kappa shape index (κ3) is 23.9. The molecule has 30 heteroatoms. The van der Waals surface area contributed by atoms with E-state index in [1.54, 1.807) is 0 Å². The maximum Gasteiger partial charge on any atom is 0.326 e. The van der Waals surface area contributed by atoms with Crippen molar-refractivity contribution in [3.63, 3.8) is 0 Å². The van der Waals surface area contributed by atoms with Gasteiger partial charge in [-0.05, 0) is 101 Å². The molecule has 0 saturated carbocycles. The summed E-state index contributed by atoms with van der Waals surface area (Å²) in [6.45, 7) is 1.93. The van der Waals surface area contributed by atoms with Crippen LogP contribution < -0.4 is 70.8 Å². The van der Waals surface area contributed by atoms with Gasteiger partial charge in [0.2, 0.25) is 59.1 Å². The Kier molecular flexibility index (Phi) is 29.6. The lowest BCUT2D eigenvalue weighted by atomic mass is 10.0. The molecule has 30 nitrogen and oxygen atoms in total. The van der Waals surface area contributed by atoms with Gasteiger partial charge >= 0.3 is 5.97 Å². The molecule has 0 aromatic heterocycles. The van der Waals surface area contributed by atoms with Crippen molar-refractivity contribution in [1.82, 2.24) is 47.9 Å². The molecule has 0 radical (unpaired) electrons. The summed E-state index contributed by atoms with van der Waals surface area (Å²) >= 11 is 0. The molecule has 0 aliphatic carbocycles. The lowest BCUT2D eigenvalue weighted by Crippen LogP contribution is -2.62. The molecular formula is C50H77N13O17. The van der Waals surface area contributed by atoms with Crippen LogP contribution in [0.5, 0.6) is 11.5 Å². The third-order valence-electron chi connectivity index (χ3n) is 12.1. The van der Waals surface area contributed by atoms with Crippen LogP contribution in [-0.2, 0) is 65.6 Å². The van der Waals surface area contributed by atoms with E-state index in [9.17, 15) is 83.4 Å². The highest BCUT2D eigenvalue weighted by Crippen LogP contribution is 2.14. The predicted octanol–water partition coefficient (Wildman–Crippen LogP) is -6.80. The fourth-order valence-corrected chi connectivity index (χ4v) is 7.44. The second-order valence-corrected chi connectivity index (χ2v) is 18.8. The van der Waals surface area contributed by atoms with Crippen LogP contribution in [-0.4, -0.2) is 189 Å². The smallest absolute Gasteiger partial charge is 0.326 e. The highest BCUT2D eigenvalue weighted by molar-refractivity contribution is 5.99. The van der Waals surface area contributed by atoms with Gasteiger partial charge in [0.25, 0.3) is 0 Å². The normalized spacial score (nSPS) is 15.2. The van der Waals surface area contributed by atoms with E-state index < -0.39 is 151 Å². The van der Waals surface area contributed by atoms with Crippen molar-refractivity contribution in [3.8, 4) is 11.5 Å². The van der Waals surface area contributed by atoms with Crippen molar-refractivity contribution in [2.75, 3.05) is 26.3 Å². The minimum absolute atomic E-state index is 0.00703. The summed E-state index contributed by atoms with van der Waals surface area (Å²) in [7, 11) is 0. The monoisotopic (exact) mass is 1130 g/mol. The van der Waals surface area contributed by atoms with E-state index in [0.717, 1.165) is 6.92 Å². The molecule has 0 bridgehead atoms. The van der Waals surface area contributed by atoms with Crippen molar-refractivity contribution in [2.45, 2.75) is 145 Å². The average Bonchev–Trinajstić information content (AvgIpc) is 3.40. The Labute approximate surface area is 460 Å². The highest BCUT2D eigenvalue weighted by atomic mass is 16.4. The number of phenolic OH excluding ortho intramolecular Hbond substituents is 2. The molecule has 0 spiro atoms. The molecule has 23 N–H and O–H groups in total. The van der Waals surface area contributed by atoms with Crippen LogP contribution in [0.25, 0.3) is 0 Å². The van der Waals surface area contributed by atoms with Gasteiger partial charge in [-0.1, -0.05) is 30.7 Å². The quantitative estimate of drug-likeness (QED) is 0.0282. The van der Waals surface area contributed by atoms with E-state index in [0.29, 0.717) is 43.4 Å². The Bertz CT molecular complexity index is 2420. The van der Waals surface area contributed by atoms with Gasteiger partial charge in [-0.2, -0.15) is 0 Å². The Morgan fingerprint density at radius 1 is 0.463 bits per heavy atom. The average molecular weight is 1130 g/mol. The van der Waals surface area contributed by atoms with Crippen LogP contribution in [0.15, 0.2) is 48.5 Å². The number of unbranched alkanes of at least 4 members (excludes halogenated alkanes) is 2. The van der Waals surface area contributed by atoms with E-state index >= 15 is 0 Å². The topological polar surface area (TPSA) is 521 Å². The minimum atomic E-state index is -1.84. The summed E-state index contributed by atoms with van der Waals surface area (Å²) in [6, 6.07) is -4.71. The molecule has 2 aromatic rings. The number of carbonyl (C=O) groups is 11. The zero-order valence-electron chi connectivity index (χ0n) is 44.6.